The molecule has 3 aromatic rings. The van der Waals surface area contributed by atoms with Gasteiger partial charge in [0.25, 0.3) is 5.91 Å². The highest BCUT2D eigenvalue weighted by molar-refractivity contribution is 7.16. The summed E-state index contributed by atoms with van der Waals surface area (Å²) in [6.45, 7) is 5.24. The summed E-state index contributed by atoms with van der Waals surface area (Å²) in [5.74, 6) is 0.197. The van der Waals surface area contributed by atoms with Crippen molar-refractivity contribution in [3.05, 3.63) is 52.8 Å². The van der Waals surface area contributed by atoms with Crippen LogP contribution in [0.15, 0.2) is 47.5 Å². The van der Waals surface area contributed by atoms with Gasteiger partial charge in [0, 0.05) is 31.8 Å². The molecule has 0 aliphatic rings. The van der Waals surface area contributed by atoms with E-state index in [1.54, 1.807) is 25.3 Å². The van der Waals surface area contributed by atoms with Crippen molar-refractivity contribution >= 4 is 39.1 Å². The fraction of sp³-hybridized carbons (Fsp3) is 0.348. The monoisotopic (exact) mass is 441 g/mol. The molecule has 1 N–H and O–H groups in total. The van der Waals surface area contributed by atoms with E-state index >= 15 is 0 Å². The Bertz CT molecular complexity index is 1130. The third-order valence-electron chi connectivity index (χ3n) is 4.57. The summed E-state index contributed by atoms with van der Waals surface area (Å²) in [7, 11) is 1.63. The number of ether oxygens (including phenoxy) is 2. The number of thiazole rings is 1. The van der Waals surface area contributed by atoms with Gasteiger partial charge in [-0.1, -0.05) is 30.7 Å². The summed E-state index contributed by atoms with van der Waals surface area (Å²) < 4.78 is 13.8. The molecule has 3 rings (SSSR count). The summed E-state index contributed by atoms with van der Waals surface area (Å²) in [4.78, 5) is 29.2. The predicted octanol–water partition coefficient (Wildman–Crippen LogP) is 4.23. The first-order valence-corrected chi connectivity index (χ1v) is 11.0. The number of anilines is 1. The molecule has 1 heterocycles. The second-order valence-electron chi connectivity index (χ2n) is 7.04. The number of nitrogens with one attached hydrogen (secondary N) is 1. The number of hydrogen-bond acceptors (Lipinski definition) is 5. The zero-order valence-electron chi connectivity index (χ0n) is 18.0. The van der Waals surface area contributed by atoms with Crippen molar-refractivity contribution in [3.63, 3.8) is 0 Å². The number of fused-ring (bicyclic) bond motifs is 1. The van der Waals surface area contributed by atoms with Crippen LogP contribution in [0, 0.1) is 0 Å². The van der Waals surface area contributed by atoms with Crippen molar-refractivity contribution in [3.8, 4) is 5.75 Å². The van der Waals surface area contributed by atoms with E-state index in [2.05, 4.69) is 17.2 Å². The van der Waals surface area contributed by atoms with Crippen LogP contribution in [0.4, 0.5) is 5.69 Å². The number of amides is 2. The van der Waals surface area contributed by atoms with Gasteiger partial charge in [-0.25, -0.2) is 0 Å². The summed E-state index contributed by atoms with van der Waals surface area (Å²) in [6.07, 6.45) is 2.01. The molecule has 31 heavy (non-hydrogen) atoms. The number of aromatic nitrogens is 1. The predicted molar refractivity (Wildman–Crippen MR) is 123 cm³/mol. The van der Waals surface area contributed by atoms with Crippen molar-refractivity contribution in [2.45, 2.75) is 33.2 Å². The van der Waals surface area contributed by atoms with Crippen LogP contribution >= 0.6 is 11.3 Å². The van der Waals surface area contributed by atoms with E-state index in [-0.39, 0.29) is 11.8 Å². The first-order valence-electron chi connectivity index (χ1n) is 10.2. The van der Waals surface area contributed by atoms with Crippen molar-refractivity contribution in [2.75, 3.05) is 25.6 Å². The van der Waals surface area contributed by atoms with Gasteiger partial charge in [0.15, 0.2) is 4.80 Å². The molecule has 0 radical (unpaired) electrons. The molecule has 0 aliphatic heterocycles. The minimum absolute atomic E-state index is 0.135. The van der Waals surface area contributed by atoms with Gasteiger partial charge in [0.1, 0.15) is 5.75 Å². The number of nitrogens with zero attached hydrogens (tertiary/aromatic N) is 2. The molecule has 2 amide bonds. The van der Waals surface area contributed by atoms with Crippen LogP contribution in [0.2, 0.25) is 0 Å². The number of carbonyl (C=O) groups excluding carboxylic acids is 2. The average Bonchev–Trinajstić information content (AvgIpc) is 3.08. The highest BCUT2D eigenvalue weighted by Crippen LogP contribution is 2.22. The second-order valence-corrected chi connectivity index (χ2v) is 8.05. The highest BCUT2D eigenvalue weighted by Gasteiger charge is 2.11. The Morgan fingerprint density at radius 1 is 1.16 bits per heavy atom. The summed E-state index contributed by atoms with van der Waals surface area (Å²) >= 11 is 1.40. The van der Waals surface area contributed by atoms with E-state index in [9.17, 15) is 9.59 Å². The van der Waals surface area contributed by atoms with E-state index in [1.165, 1.54) is 18.3 Å². The molecule has 7 nitrogen and oxygen atoms in total. The molecule has 0 bridgehead atoms. The van der Waals surface area contributed by atoms with E-state index in [4.69, 9.17) is 9.47 Å². The highest BCUT2D eigenvalue weighted by atomic mass is 32.1. The lowest BCUT2D eigenvalue weighted by molar-refractivity contribution is -0.114. The fourth-order valence-corrected chi connectivity index (χ4v) is 4.14. The fourth-order valence-electron chi connectivity index (χ4n) is 3.04. The molecule has 0 fully saturated rings. The Kier molecular flexibility index (Phi) is 7.97. The van der Waals surface area contributed by atoms with E-state index in [0.717, 1.165) is 23.1 Å². The van der Waals surface area contributed by atoms with E-state index in [0.29, 0.717) is 41.6 Å². The van der Waals surface area contributed by atoms with Gasteiger partial charge in [-0.2, -0.15) is 4.99 Å². The van der Waals surface area contributed by atoms with Crippen LogP contribution in [0.5, 0.6) is 5.75 Å². The van der Waals surface area contributed by atoms with Crippen molar-refractivity contribution in [2.24, 2.45) is 4.99 Å². The Morgan fingerprint density at radius 3 is 2.74 bits per heavy atom. The lowest BCUT2D eigenvalue weighted by atomic mass is 10.2. The van der Waals surface area contributed by atoms with Crippen LogP contribution in [0.25, 0.3) is 10.2 Å². The molecule has 0 unspecified atom stereocenters. The van der Waals surface area contributed by atoms with Crippen LogP contribution in [0.1, 0.15) is 37.0 Å². The lowest BCUT2D eigenvalue weighted by Crippen LogP contribution is -2.19. The smallest absolute Gasteiger partial charge is 0.279 e. The average molecular weight is 442 g/mol. The minimum atomic E-state index is -0.333. The Hall–Kier alpha value is -2.97. The number of methoxy groups -OCH3 is 1. The van der Waals surface area contributed by atoms with Crippen molar-refractivity contribution < 1.29 is 19.1 Å². The number of rotatable bonds is 9. The Balaban J connectivity index is 1.96. The molecule has 0 saturated heterocycles. The van der Waals surface area contributed by atoms with Crippen molar-refractivity contribution in [1.29, 1.82) is 0 Å². The zero-order valence-corrected chi connectivity index (χ0v) is 18.8. The molecule has 0 atom stereocenters. The van der Waals surface area contributed by atoms with E-state index < -0.39 is 0 Å². The van der Waals surface area contributed by atoms with Gasteiger partial charge in [0.2, 0.25) is 5.91 Å². The standard InChI is InChI=1S/C23H27N3O4S/c1-4-5-12-30-19-8-6-7-17(14-19)22(28)25-23-26(11-13-29-3)20-10-9-18(24-16(2)27)15-21(20)31-23/h6-10,14-15H,4-5,11-13H2,1-3H3,(H,24,27). The lowest BCUT2D eigenvalue weighted by Gasteiger charge is -2.06. The van der Waals surface area contributed by atoms with Gasteiger partial charge in [-0.15, -0.1) is 0 Å². The van der Waals surface area contributed by atoms with Crippen LogP contribution in [-0.4, -0.2) is 36.7 Å². The number of carbonyl (C=O) groups is 2. The Morgan fingerprint density at radius 2 is 2.00 bits per heavy atom. The van der Waals surface area contributed by atoms with Gasteiger partial charge < -0.3 is 19.4 Å². The topological polar surface area (TPSA) is 81.9 Å². The summed E-state index contributed by atoms with van der Waals surface area (Å²) in [5, 5.41) is 2.78. The molecule has 8 heteroatoms. The third kappa shape index (κ3) is 6.02. The third-order valence-corrected chi connectivity index (χ3v) is 5.61. The molecule has 2 aromatic carbocycles. The maximum Gasteiger partial charge on any atom is 0.279 e. The molecular formula is C23H27N3O4S. The first-order chi connectivity index (χ1) is 15.0. The van der Waals surface area contributed by atoms with Gasteiger partial charge >= 0.3 is 0 Å². The van der Waals surface area contributed by atoms with Crippen LogP contribution in [-0.2, 0) is 16.1 Å². The second kappa shape index (κ2) is 10.9. The Labute approximate surface area is 185 Å². The SMILES string of the molecule is CCCCOc1cccc(C(=O)N=c2sc3cc(NC(C)=O)ccc3n2CCOC)c1. The van der Waals surface area contributed by atoms with Crippen molar-refractivity contribution in [1.82, 2.24) is 4.57 Å². The van der Waals surface area contributed by atoms with Gasteiger partial charge in [-0.3, -0.25) is 9.59 Å². The number of benzene rings is 2. The maximum absolute atomic E-state index is 12.9. The quantitative estimate of drug-likeness (QED) is 0.504. The van der Waals surface area contributed by atoms with E-state index in [1.807, 2.05) is 28.8 Å². The first kappa shape index (κ1) is 22.7. The van der Waals surface area contributed by atoms with Crippen LogP contribution in [0.3, 0.4) is 0 Å². The molecular weight excluding hydrogens is 414 g/mol. The van der Waals surface area contributed by atoms with Gasteiger partial charge in [0.05, 0.1) is 23.4 Å². The summed E-state index contributed by atoms with van der Waals surface area (Å²) in [5.41, 5.74) is 2.11. The molecule has 0 saturated carbocycles. The normalized spacial score (nSPS) is 11.6. The largest absolute Gasteiger partial charge is 0.494 e. The maximum atomic E-state index is 12.9. The zero-order chi connectivity index (χ0) is 22.2. The molecule has 0 aliphatic carbocycles. The van der Waals surface area contributed by atoms with Gasteiger partial charge in [-0.05, 0) is 42.8 Å². The van der Waals surface area contributed by atoms with Crippen LogP contribution < -0.4 is 14.9 Å². The summed E-state index contributed by atoms with van der Waals surface area (Å²) in [6, 6.07) is 12.7. The number of hydrogen-bond donors (Lipinski definition) is 1. The molecule has 0 spiro atoms. The molecule has 1 aromatic heterocycles. The minimum Gasteiger partial charge on any atom is -0.494 e. The molecule has 164 valence electrons. The number of unbranched alkanes of at least 4 members (excludes halogenated alkanes) is 1.